The van der Waals surface area contributed by atoms with Gasteiger partial charge >= 0.3 is 0 Å². The lowest BCUT2D eigenvalue weighted by molar-refractivity contribution is 0.0965. The van der Waals surface area contributed by atoms with Gasteiger partial charge in [0.15, 0.2) is 0 Å². The molecule has 0 bridgehead atoms. The minimum absolute atomic E-state index is 0.225. The van der Waals surface area contributed by atoms with E-state index in [0.29, 0.717) is 12.6 Å². The van der Waals surface area contributed by atoms with Gasteiger partial charge in [0, 0.05) is 25.3 Å². The number of hydrogen-bond acceptors (Lipinski definition) is 3. The second kappa shape index (κ2) is 6.53. The van der Waals surface area contributed by atoms with Crippen molar-refractivity contribution in [2.75, 3.05) is 13.6 Å². The zero-order chi connectivity index (χ0) is 14.6. The third-order valence-corrected chi connectivity index (χ3v) is 4.13. The molecule has 0 aliphatic heterocycles. The number of aromatic nitrogens is 2. The summed E-state index contributed by atoms with van der Waals surface area (Å²) >= 11 is 0. The van der Waals surface area contributed by atoms with E-state index in [2.05, 4.69) is 56.1 Å². The molecule has 2 atom stereocenters. The van der Waals surface area contributed by atoms with Gasteiger partial charge in [-0.25, -0.2) is 4.98 Å². The van der Waals surface area contributed by atoms with E-state index in [0.717, 1.165) is 13.0 Å². The third-order valence-electron chi connectivity index (χ3n) is 4.13. The lowest BCUT2D eigenvalue weighted by Gasteiger charge is -2.40. The van der Waals surface area contributed by atoms with E-state index in [-0.39, 0.29) is 11.5 Å². The molecule has 0 radical (unpaired) electrons. The van der Waals surface area contributed by atoms with Crippen LogP contribution >= 0.6 is 0 Å². The molecule has 19 heavy (non-hydrogen) atoms. The van der Waals surface area contributed by atoms with E-state index >= 15 is 0 Å². The third kappa shape index (κ3) is 3.80. The molecule has 1 rings (SSSR count). The highest BCUT2D eigenvalue weighted by atomic mass is 15.2. The molecule has 1 aromatic rings. The lowest BCUT2D eigenvalue weighted by atomic mass is 9.86. The highest BCUT2D eigenvalue weighted by molar-refractivity contribution is 5.07. The fourth-order valence-electron chi connectivity index (χ4n) is 2.41. The molecule has 0 spiro atoms. The van der Waals surface area contributed by atoms with Crippen molar-refractivity contribution >= 4 is 0 Å². The summed E-state index contributed by atoms with van der Waals surface area (Å²) in [4.78, 5) is 6.67. The molecule has 0 aliphatic carbocycles. The molecule has 0 saturated heterocycles. The fourth-order valence-corrected chi connectivity index (χ4v) is 2.41. The molecule has 2 N–H and O–H groups in total. The molecule has 1 aromatic heterocycles. The minimum atomic E-state index is 0.225. The Morgan fingerprint density at radius 1 is 1.42 bits per heavy atom. The van der Waals surface area contributed by atoms with Crippen LogP contribution in [0.4, 0.5) is 0 Å². The van der Waals surface area contributed by atoms with Crippen LogP contribution < -0.4 is 5.73 Å². The summed E-state index contributed by atoms with van der Waals surface area (Å²) in [5.41, 5.74) is 7.49. The van der Waals surface area contributed by atoms with Crippen molar-refractivity contribution in [2.24, 2.45) is 11.1 Å². The van der Waals surface area contributed by atoms with Crippen molar-refractivity contribution in [3.05, 3.63) is 18.2 Å². The number of nitrogens with zero attached hydrogens (tertiary/aromatic N) is 3. The Morgan fingerprint density at radius 3 is 2.53 bits per heavy atom. The Hall–Kier alpha value is -0.870. The first-order chi connectivity index (χ1) is 8.82. The number of rotatable bonds is 6. The number of hydrogen-bond donors (Lipinski definition) is 1. The molecule has 1 heterocycles. The highest BCUT2D eigenvalue weighted by Crippen LogP contribution is 2.29. The standard InChI is InChI=1S/C15H30N4/c1-7-8-19-11-17-10-14(19)13(9-16)18(6)12(2)15(3,4)5/h10-13H,7-9,16H2,1-6H3. The molecule has 0 fully saturated rings. The van der Waals surface area contributed by atoms with Crippen molar-refractivity contribution in [3.63, 3.8) is 0 Å². The first-order valence-electron chi connectivity index (χ1n) is 7.25. The largest absolute Gasteiger partial charge is 0.333 e. The normalized spacial score (nSPS) is 15.8. The molecule has 0 aromatic carbocycles. The van der Waals surface area contributed by atoms with Gasteiger partial charge in [0.2, 0.25) is 0 Å². The summed E-state index contributed by atoms with van der Waals surface area (Å²) in [5.74, 6) is 0. The van der Waals surface area contributed by atoms with Crippen LogP contribution in [0.2, 0.25) is 0 Å². The maximum absolute atomic E-state index is 6.03. The topological polar surface area (TPSA) is 47.1 Å². The van der Waals surface area contributed by atoms with E-state index in [4.69, 9.17) is 5.73 Å². The molecular formula is C15H30N4. The minimum Gasteiger partial charge on any atom is -0.333 e. The molecule has 110 valence electrons. The smallest absolute Gasteiger partial charge is 0.0948 e. The second-order valence-corrected chi connectivity index (χ2v) is 6.47. The zero-order valence-corrected chi connectivity index (χ0v) is 13.3. The summed E-state index contributed by atoms with van der Waals surface area (Å²) in [5, 5.41) is 0. The van der Waals surface area contributed by atoms with Crippen LogP contribution in [0.15, 0.2) is 12.5 Å². The Morgan fingerprint density at radius 2 is 2.05 bits per heavy atom. The predicted molar refractivity (Wildman–Crippen MR) is 81.0 cm³/mol. The van der Waals surface area contributed by atoms with Crippen LogP contribution in [0, 0.1) is 5.41 Å². The molecule has 0 saturated carbocycles. The lowest BCUT2D eigenvalue weighted by Crippen LogP contribution is -2.44. The average molecular weight is 266 g/mol. The monoisotopic (exact) mass is 266 g/mol. The van der Waals surface area contributed by atoms with Gasteiger partial charge in [-0.05, 0) is 25.8 Å². The van der Waals surface area contributed by atoms with E-state index in [1.807, 2.05) is 12.5 Å². The molecule has 4 heteroatoms. The van der Waals surface area contributed by atoms with Crippen molar-refractivity contribution in [2.45, 2.75) is 59.7 Å². The maximum Gasteiger partial charge on any atom is 0.0948 e. The van der Waals surface area contributed by atoms with Crippen LogP contribution in [-0.4, -0.2) is 34.1 Å². The summed E-state index contributed by atoms with van der Waals surface area (Å²) < 4.78 is 2.23. The van der Waals surface area contributed by atoms with Gasteiger partial charge in [0.05, 0.1) is 18.1 Å². The number of nitrogens with two attached hydrogens (primary N) is 1. The molecular weight excluding hydrogens is 236 g/mol. The maximum atomic E-state index is 6.03. The van der Waals surface area contributed by atoms with Gasteiger partial charge in [-0.15, -0.1) is 0 Å². The van der Waals surface area contributed by atoms with E-state index in [9.17, 15) is 0 Å². The van der Waals surface area contributed by atoms with Crippen LogP contribution in [0.5, 0.6) is 0 Å². The number of imidazole rings is 1. The van der Waals surface area contributed by atoms with E-state index in [1.54, 1.807) is 0 Å². The van der Waals surface area contributed by atoms with Crippen molar-refractivity contribution in [1.29, 1.82) is 0 Å². The Balaban J connectivity index is 2.96. The summed E-state index contributed by atoms with van der Waals surface area (Å²) in [6.07, 6.45) is 4.98. The van der Waals surface area contributed by atoms with Crippen LogP contribution in [0.3, 0.4) is 0 Å². The first-order valence-corrected chi connectivity index (χ1v) is 7.25. The van der Waals surface area contributed by atoms with Crippen LogP contribution in [-0.2, 0) is 6.54 Å². The summed E-state index contributed by atoms with van der Waals surface area (Å²) in [7, 11) is 2.16. The summed E-state index contributed by atoms with van der Waals surface area (Å²) in [6, 6.07) is 0.675. The first kappa shape index (κ1) is 16.2. The number of likely N-dealkylation sites (N-methyl/N-ethyl adjacent to an activating group) is 1. The predicted octanol–water partition coefficient (Wildman–Crippen LogP) is 2.66. The summed E-state index contributed by atoms with van der Waals surface area (Å²) in [6.45, 7) is 12.9. The van der Waals surface area contributed by atoms with E-state index in [1.165, 1.54) is 5.69 Å². The molecule has 0 aliphatic rings. The quantitative estimate of drug-likeness (QED) is 0.861. The number of aryl methyl sites for hydroxylation is 1. The van der Waals surface area contributed by atoms with Gasteiger partial charge in [-0.3, -0.25) is 4.90 Å². The van der Waals surface area contributed by atoms with Gasteiger partial charge in [0.25, 0.3) is 0 Å². The van der Waals surface area contributed by atoms with Gasteiger partial charge < -0.3 is 10.3 Å². The van der Waals surface area contributed by atoms with Gasteiger partial charge in [-0.2, -0.15) is 0 Å². The average Bonchev–Trinajstić information content (AvgIpc) is 2.77. The van der Waals surface area contributed by atoms with E-state index < -0.39 is 0 Å². The Labute approximate surface area is 118 Å². The Kier molecular flexibility index (Phi) is 5.56. The molecule has 2 unspecified atom stereocenters. The van der Waals surface area contributed by atoms with Gasteiger partial charge in [0.1, 0.15) is 0 Å². The van der Waals surface area contributed by atoms with Gasteiger partial charge in [-0.1, -0.05) is 27.7 Å². The van der Waals surface area contributed by atoms with Crippen molar-refractivity contribution in [1.82, 2.24) is 14.5 Å². The highest BCUT2D eigenvalue weighted by Gasteiger charge is 2.30. The SMILES string of the molecule is CCCn1cncc1C(CN)N(C)C(C)C(C)(C)C. The fraction of sp³-hybridized carbons (Fsp3) is 0.800. The molecule has 4 nitrogen and oxygen atoms in total. The molecule has 0 amide bonds. The second-order valence-electron chi connectivity index (χ2n) is 6.47. The Bertz CT molecular complexity index is 378. The van der Waals surface area contributed by atoms with Crippen LogP contribution in [0.25, 0.3) is 0 Å². The zero-order valence-electron chi connectivity index (χ0n) is 13.3. The van der Waals surface area contributed by atoms with Crippen LogP contribution in [0.1, 0.15) is 52.8 Å². The van der Waals surface area contributed by atoms with Crippen molar-refractivity contribution < 1.29 is 0 Å². The van der Waals surface area contributed by atoms with Crippen molar-refractivity contribution in [3.8, 4) is 0 Å².